The fraction of sp³-hybridized carbons (Fsp3) is 0.316. The monoisotopic (exact) mass is 401 g/mol. The minimum Gasteiger partial charge on any atom is -0.459 e. The zero-order chi connectivity index (χ0) is 18.8. The van der Waals surface area contributed by atoms with Gasteiger partial charge in [-0.15, -0.1) is 22.7 Å². The molecule has 8 heteroatoms. The molecule has 3 aromatic rings. The Morgan fingerprint density at radius 1 is 1.37 bits per heavy atom. The van der Waals surface area contributed by atoms with Crippen molar-refractivity contribution in [3.05, 3.63) is 57.1 Å². The van der Waals surface area contributed by atoms with Crippen molar-refractivity contribution in [2.45, 2.75) is 32.2 Å². The fourth-order valence-electron chi connectivity index (χ4n) is 3.40. The van der Waals surface area contributed by atoms with E-state index in [1.807, 2.05) is 10.3 Å². The number of nitrogens with one attached hydrogen (secondary N) is 1. The van der Waals surface area contributed by atoms with Gasteiger partial charge < -0.3 is 9.32 Å². The number of fused-ring (bicyclic) bond motifs is 1. The number of thiophene rings is 1. The number of hydrogen-bond donors (Lipinski definition) is 1. The standard InChI is InChI=1S/C19H19N3O3S2/c1-2-14-13-6-9-26-16(13)5-7-22(14)17(23)10-12-11-27-19(20-12)21-18(24)15-4-3-8-25-15/h3-4,6,8-9,11,14H,2,5,7,10H2,1H3,(H,20,21,24)/t14-/m1/s1. The summed E-state index contributed by atoms with van der Waals surface area (Å²) in [5.41, 5.74) is 1.96. The van der Waals surface area contributed by atoms with E-state index in [2.05, 4.69) is 28.7 Å². The Labute approximate surface area is 164 Å². The van der Waals surface area contributed by atoms with Crippen LogP contribution in [0.2, 0.25) is 0 Å². The van der Waals surface area contributed by atoms with Gasteiger partial charge in [0, 0.05) is 16.8 Å². The molecule has 6 nitrogen and oxygen atoms in total. The molecule has 0 unspecified atom stereocenters. The van der Waals surface area contributed by atoms with Crippen LogP contribution in [0.4, 0.5) is 5.13 Å². The minimum atomic E-state index is -0.348. The number of nitrogens with zero attached hydrogens (tertiary/aromatic N) is 2. The van der Waals surface area contributed by atoms with Crippen molar-refractivity contribution in [2.75, 3.05) is 11.9 Å². The summed E-state index contributed by atoms with van der Waals surface area (Å²) in [5, 5.41) is 7.08. The zero-order valence-corrected chi connectivity index (χ0v) is 16.4. The molecule has 0 saturated heterocycles. The second kappa shape index (κ2) is 7.66. The van der Waals surface area contributed by atoms with Crippen LogP contribution in [0, 0.1) is 0 Å². The highest BCUT2D eigenvalue weighted by Crippen LogP contribution is 2.35. The second-order valence-corrected chi connectivity index (χ2v) is 8.17. The quantitative estimate of drug-likeness (QED) is 0.697. The lowest BCUT2D eigenvalue weighted by molar-refractivity contribution is -0.133. The van der Waals surface area contributed by atoms with Crippen molar-refractivity contribution in [3.8, 4) is 0 Å². The van der Waals surface area contributed by atoms with Gasteiger partial charge in [-0.1, -0.05) is 6.92 Å². The van der Waals surface area contributed by atoms with Crippen LogP contribution in [-0.2, 0) is 17.6 Å². The van der Waals surface area contributed by atoms with Gasteiger partial charge in [-0.2, -0.15) is 0 Å². The first-order chi connectivity index (χ1) is 13.2. The van der Waals surface area contributed by atoms with E-state index < -0.39 is 0 Å². The third-order valence-electron chi connectivity index (χ3n) is 4.65. The summed E-state index contributed by atoms with van der Waals surface area (Å²) in [6.07, 6.45) is 3.50. The molecule has 1 aliphatic heterocycles. The summed E-state index contributed by atoms with van der Waals surface area (Å²) in [7, 11) is 0. The third kappa shape index (κ3) is 3.68. The number of rotatable bonds is 5. The summed E-state index contributed by atoms with van der Waals surface area (Å²) >= 11 is 3.08. The summed E-state index contributed by atoms with van der Waals surface area (Å²) in [5.74, 6) is -0.0410. The van der Waals surface area contributed by atoms with E-state index in [1.54, 1.807) is 23.5 Å². The molecular formula is C19H19N3O3S2. The smallest absolute Gasteiger partial charge is 0.293 e. The lowest BCUT2D eigenvalue weighted by Crippen LogP contribution is -2.40. The first-order valence-corrected chi connectivity index (χ1v) is 10.6. The summed E-state index contributed by atoms with van der Waals surface area (Å²) < 4.78 is 5.07. The predicted molar refractivity (Wildman–Crippen MR) is 105 cm³/mol. The summed E-state index contributed by atoms with van der Waals surface area (Å²) in [6.45, 7) is 2.86. The molecule has 3 aromatic heterocycles. The van der Waals surface area contributed by atoms with Crippen LogP contribution in [0.15, 0.2) is 39.6 Å². The topological polar surface area (TPSA) is 75.4 Å². The maximum absolute atomic E-state index is 12.9. The molecule has 0 aliphatic carbocycles. The van der Waals surface area contributed by atoms with Crippen molar-refractivity contribution in [3.63, 3.8) is 0 Å². The van der Waals surface area contributed by atoms with E-state index in [0.29, 0.717) is 10.8 Å². The van der Waals surface area contributed by atoms with E-state index in [1.165, 1.54) is 28.0 Å². The molecule has 0 saturated carbocycles. The molecule has 1 aliphatic rings. The van der Waals surface area contributed by atoms with Gasteiger partial charge in [0.15, 0.2) is 10.9 Å². The third-order valence-corrected chi connectivity index (χ3v) is 6.45. The molecule has 140 valence electrons. The SMILES string of the molecule is CC[C@@H]1c2ccsc2CCN1C(=O)Cc1csc(NC(=O)c2ccco2)n1. The van der Waals surface area contributed by atoms with Gasteiger partial charge >= 0.3 is 0 Å². The van der Waals surface area contributed by atoms with Gasteiger partial charge in [0.05, 0.1) is 24.4 Å². The molecule has 2 amide bonds. The summed E-state index contributed by atoms with van der Waals surface area (Å²) in [6, 6.07) is 5.53. The van der Waals surface area contributed by atoms with Gasteiger partial charge in [0.2, 0.25) is 5.91 Å². The number of aromatic nitrogens is 1. The number of thiazole rings is 1. The van der Waals surface area contributed by atoms with E-state index in [-0.39, 0.29) is 30.0 Å². The van der Waals surface area contributed by atoms with Crippen LogP contribution in [0.3, 0.4) is 0 Å². The van der Waals surface area contributed by atoms with Crippen LogP contribution in [-0.4, -0.2) is 28.2 Å². The van der Waals surface area contributed by atoms with Crippen LogP contribution in [0.25, 0.3) is 0 Å². The Morgan fingerprint density at radius 3 is 3.04 bits per heavy atom. The molecule has 27 heavy (non-hydrogen) atoms. The molecule has 0 spiro atoms. The Balaban J connectivity index is 1.41. The van der Waals surface area contributed by atoms with Crippen molar-refractivity contribution in [1.29, 1.82) is 0 Å². The lowest BCUT2D eigenvalue weighted by Gasteiger charge is -2.35. The number of anilines is 1. The number of furan rings is 1. The van der Waals surface area contributed by atoms with Crippen molar-refractivity contribution in [2.24, 2.45) is 0 Å². The van der Waals surface area contributed by atoms with Crippen molar-refractivity contribution in [1.82, 2.24) is 9.88 Å². The normalized spacial score (nSPS) is 16.2. The first kappa shape index (κ1) is 17.9. The first-order valence-electron chi connectivity index (χ1n) is 8.80. The number of carbonyl (C=O) groups excluding carboxylic acids is 2. The molecule has 0 aromatic carbocycles. The van der Waals surface area contributed by atoms with Crippen LogP contribution in [0.1, 0.15) is 46.1 Å². The number of hydrogen-bond acceptors (Lipinski definition) is 6. The van der Waals surface area contributed by atoms with Gasteiger partial charge in [-0.3, -0.25) is 14.9 Å². The predicted octanol–water partition coefficient (Wildman–Crippen LogP) is 4.13. The average molecular weight is 402 g/mol. The van der Waals surface area contributed by atoms with Gasteiger partial charge in [0.1, 0.15) is 0 Å². The Bertz CT molecular complexity index is 945. The van der Waals surface area contributed by atoms with E-state index in [0.717, 1.165) is 19.4 Å². The Morgan fingerprint density at radius 2 is 2.26 bits per heavy atom. The lowest BCUT2D eigenvalue weighted by atomic mass is 9.97. The molecule has 4 heterocycles. The van der Waals surface area contributed by atoms with Crippen LogP contribution < -0.4 is 5.32 Å². The van der Waals surface area contributed by atoms with Crippen LogP contribution in [0.5, 0.6) is 0 Å². The molecular weight excluding hydrogens is 382 g/mol. The average Bonchev–Trinajstić information content (AvgIpc) is 3.42. The Hall–Kier alpha value is -2.45. The Kier molecular flexibility index (Phi) is 5.09. The van der Waals surface area contributed by atoms with Crippen molar-refractivity contribution < 1.29 is 14.0 Å². The van der Waals surface area contributed by atoms with E-state index in [9.17, 15) is 9.59 Å². The highest BCUT2D eigenvalue weighted by molar-refractivity contribution is 7.14. The molecule has 1 N–H and O–H groups in total. The number of amides is 2. The molecule has 1 atom stereocenters. The molecule has 0 fully saturated rings. The maximum Gasteiger partial charge on any atom is 0.293 e. The maximum atomic E-state index is 12.9. The fourth-order valence-corrected chi connectivity index (χ4v) is 5.04. The molecule has 0 radical (unpaired) electrons. The largest absolute Gasteiger partial charge is 0.459 e. The van der Waals surface area contributed by atoms with Gasteiger partial charge in [0.25, 0.3) is 5.91 Å². The van der Waals surface area contributed by atoms with Gasteiger partial charge in [-0.05, 0) is 42.0 Å². The minimum absolute atomic E-state index is 0.0768. The van der Waals surface area contributed by atoms with Crippen molar-refractivity contribution >= 4 is 39.6 Å². The zero-order valence-electron chi connectivity index (χ0n) is 14.8. The van der Waals surface area contributed by atoms with E-state index >= 15 is 0 Å². The highest BCUT2D eigenvalue weighted by Gasteiger charge is 2.30. The highest BCUT2D eigenvalue weighted by atomic mass is 32.1. The molecule has 0 bridgehead atoms. The molecule has 4 rings (SSSR count). The summed E-state index contributed by atoms with van der Waals surface area (Å²) in [4.78, 5) is 32.6. The number of carbonyl (C=O) groups is 2. The van der Waals surface area contributed by atoms with E-state index in [4.69, 9.17) is 4.42 Å². The van der Waals surface area contributed by atoms with Crippen LogP contribution >= 0.6 is 22.7 Å². The van der Waals surface area contributed by atoms with Gasteiger partial charge in [-0.25, -0.2) is 4.98 Å². The second-order valence-electron chi connectivity index (χ2n) is 6.31.